The zero-order chi connectivity index (χ0) is 8.66. The number of ether oxygens (including phenoxy) is 1. The van der Waals surface area contributed by atoms with Crippen molar-refractivity contribution in [2.24, 2.45) is 0 Å². The van der Waals surface area contributed by atoms with Crippen molar-refractivity contribution < 1.29 is 4.74 Å². The van der Waals surface area contributed by atoms with Crippen molar-refractivity contribution in [3.05, 3.63) is 0 Å². The fourth-order valence-corrected chi connectivity index (χ4v) is 4.17. The molecular weight excluding hydrogens is 192 g/mol. The van der Waals surface area contributed by atoms with Gasteiger partial charge in [0.2, 0.25) is 4.39 Å². The molecular formula is C7H14N2OS2. The minimum absolute atomic E-state index is 0.220. The van der Waals surface area contributed by atoms with Crippen LogP contribution in [0.4, 0.5) is 0 Å². The summed E-state index contributed by atoms with van der Waals surface area (Å²) in [7, 11) is 0. The Labute approximate surface area is 81.3 Å². The highest BCUT2D eigenvalue weighted by atomic mass is 32.2. The van der Waals surface area contributed by atoms with E-state index in [9.17, 15) is 0 Å². The first-order chi connectivity index (χ1) is 5.62. The van der Waals surface area contributed by atoms with E-state index in [0.717, 1.165) is 0 Å². The molecule has 70 valence electrons. The van der Waals surface area contributed by atoms with E-state index in [0.29, 0.717) is 0 Å². The van der Waals surface area contributed by atoms with Crippen LogP contribution in [0.3, 0.4) is 0 Å². The van der Waals surface area contributed by atoms with Crippen LogP contribution in [0.5, 0.6) is 0 Å². The number of hydrazine groups is 1. The lowest BCUT2D eigenvalue weighted by Gasteiger charge is -2.31. The van der Waals surface area contributed by atoms with E-state index < -0.39 is 0 Å². The first-order valence-corrected chi connectivity index (χ1v) is 6.12. The average Bonchev–Trinajstić information content (AvgIpc) is 2.29. The van der Waals surface area contributed by atoms with Crippen molar-refractivity contribution in [2.45, 2.75) is 30.4 Å². The predicted octanol–water partition coefficient (Wildman–Crippen LogP) is 1.33. The Morgan fingerprint density at radius 1 is 1.17 bits per heavy atom. The van der Waals surface area contributed by atoms with E-state index in [-0.39, 0.29) is 10.1 Å². The monoisotopic (exact) mass is 206 g/mol. The minimum atomic E-state index is -0.239. The molecule has 0 aromatic heterocycles. The summed E-state index contributed by atoms with van der Waals surface area (Å²) in [5.74, 6) is 2.36. The van der Waals surface area contributed by atoms with Crippen LogP contribution in [0.1, 0.15) is 20.3 Å². The topological polar surface area (TPSA) is 33.3 Å². The van der Waals surface area contributed by atoms with Crippen molar-refractivity contribution in [2.75, 3.05) is 11.5 Å². The Bertz CT molecular complexity index is 180. The number of rotatable bonds is 0. The molecule has 2 rings (SSSR count). The molecule has 1 spiro atoms. The molecule has 0 aromatic rings. The van der Waals surface area contributed by atoms with Gasteiger partial charge in [-0.3, -0.25) is 0 Å². The van der Waals surface area contributed by atoms with Crippen LogP contribution >= 0.6 is 23.5 Å². The normalized spacial score (nSPS) is 32.5. The predicted molar refractivity (Wildman–Crippen MR) is 53.7 cm³/mol. The zero-order valence-corrected chi connectivity index (χ0v) is 8.98. The van der Waals surface area contributed by atoms with E-state index in [1.165, 1.54) is 17.9 Å². The summed E-state index contributed by atoms with van der Waals surface area (Å²) in [5, 5.41) is 0. The maximum absolute atomic E-state index is 5.88. The van der Waals surface area contributed by atoms with Crippen LogP contribution in [-0.2, 0) is 4.74 Å². The number of hydrogen-bond acceptors (Lipinski definition) is 5. The molecule has 0 amide bonds. The standard InChI is InChI=1S/C7H14N2OS2/c1-6(2)8-9-7(10-6)11-4-3-5-12-7/h8-9H,3-5H2,1-2H3. The quantitative estimate of drug-likeness (QED) is 0.625. The van der Waals surface area contributed by atoms with Gasteiger partial charge in [-0.05, 0) is 31.8 Å². The van der Waals surface area contributed by atoms with E-state index >= 15 is 0 Å². The van der Waals surface area contributed by atoms with Crippen molar-refractivity contribution >= 4 is 23.5 Å². The number of hydrogen-bond donors (Lipinski definition) is 2. The molecule has 2 heterocycles. The summed E-state index contributed by atoms with van der Waals surface area (Å²) in [6.07, 6.45) is 1.28. The minimum Gasteiger partial charge on any atom is -0.319 e. The lowest BCUT2D eigenvalue weighted by Crippen LogP contribution is -2.42. The summed E-state index contributed by atoms with van der Waals surface area (Å²) in [6.45, 7) is 4.06. The van der Waals surface area contributed by atoms with Gasteiger partial charge in [0.05, 0.1) is 0 Å². The third kappa shape index (κ3) is 1.75. The van der Waals surface area contributed by atoms with Gasteiger partial charge in [0, 0.05) is 0 Å². The average molecular weight is 206 g/mol. The van der Waals surface area contributed by atoms with E-state index in [4.69, 9.17) is 4.74 Å². The summed E-state index contributed by atoms with van der Waals surface area (Å²) < 4.78 is 5.66. The Hall–Kier alpha value is 0.580. The molecule has 2 fully saturated rings. The van der Waals surface area contributed by atoms with Gasteiger partial charge >= 0.3 is 0 Å². The molecule has 0 unspecified atom stereocenters. The van der Waals surface area contributed by atoms with Gasteiger partial charge in [-0.15, -0.1) is 0 Å². The maximum atomic E-state index is 5.88. The van der Waals surface area contributed by atoms with Crippen molar-refractivity contribution in [1.29, 1.82) is 0 Å². The molecule has 0 bridgehead atoms. The largest absolute Gasteiger partial charge is 0.319 e. The van der Waals surface area contributed by atoms with Crippen LogP contribution in [-0.4, -0.2) is 21.6 Å². The maximum Gasteiger partial charge on any atom is 0.231 e. The fraction of sp³-hybridized carbons (Fsp3) is 1.00. The van der Waals surface area contributed by atoms with Crippen molar-refractivity contribution in [3.8, 4) is 0 Å². The lowest BCUT2D eigenvalue weighted by atomic mass is 10.3. The summed E-state index contributed by atoms with van der Waals surface area (Å²) in [6, 6.07) is 0. The molecule has 12 heavy (non-hydrogen) atoms. The molecule has 0 atom stereocenters. The second kappa shape index (κ2) is 3.06. The van der Waals surface area contributed by atoms with Gasteiger partial charge in [-0.25, -0.2) is 10.9 Å². The van der Waals surface area contributed by atoms with E-state index in [1.54, 1.807) is 0 Å². The van der Waals surface area contributed by atoms with Gasteiger partial charge in [-0.1, -0.05) is 23.5 Å². The van der Waals surface area contributed by atoms with Crippen molar-refractivity contribution in [1.82, 2.24) is 10.9 Å². The van der Waals surface area contributed by atoms with Crippen LogP contribution in [0.25, 0.3) is 0 Å². The third-order valence-electron chi connectivity index (χ3n) is 1.78. The van der Waals surface area contributed by atoms with E-state index in [1.807, 2.05) is 37.4 Å². The Kier molecular flexibility index (Phi) is 2.33. The third-order valence-corrected chi connectivity index (χ3v) is 4.60. The van der Waals surface area contributed by atoms with Crippen LogP contribution in [0.15, 0.2) is 0 Å². The molecule has 2 aliphatic rings. The first kappa shape index (κ1) is 9.15. The zero-order valence-electron chi connectivity index (χ0n) is 7.35. The molecule has 3 nitrogen and oxygen atoms in total. The summed E-state index contributed by atoms with van der Waals surface area (Å²) in [5.41, 5.74) is 6.12. The molecule has 0 aromatic carbocycles. The molecule has 0 aliphatic carbocycles. The van der Waals surface area contributed by atoms with E-state index in [2.05, 4.69) is 10.9 Å². The Morgan fingerprint density at radius 3 is 2.33 bits per heavy atom. The van der Waals surface area contributed by atoms with Gasteiger partial charge in [-0.2, -0.15) is 0 Å². The van der Waals surface area contributed by atoms with Gasteiger partial charge in [0.15, 0.2) is 0 Å². The number of nitrogens with one attached hydrogen (secondary N) is 2. The van der Waals surface area contributed by atoms with Crippen molar-refractivity contribution in [3.63, 3.8) is 0 Å². The highest BCUT2D eigenvalue weighted by Gasteiger charge is 2.46. The van der Waals surface area contributed by atoms with Crippen LogP contribution < -0.4 is 10.9 Å². The van der Waals surface area contributed by atoms with Crippen LogP contribution in [0, 0.1) is 0 Å². The molecule has 2 saturated heterocycles. The second-order valence-corrected chi connectivity index (χ2v) is 6.27. The number of thioether (sulfide) groups is 2. The SMILES string of the molecule is CC1(C)NNC2(O1)SCCCS2. The van der Waals surface area contributed by atoms with Gasteiger partial charge in [0.25, 0.3) is 0 Å². The molecule has 2 N–H and O–H groups in total. The lowest BCUT2D eigenvalue weighted by molar-refractivity contribution is -0.00463. The molecule has 0 saturated carbocycles. The smallest absolute Gasteiger partial charge is 0.231 e. The Balaban J connectivity index is 2.03. The van der Waals surface area contributed by atoms with Crippen LogP contribution in [0.2, 0.25) is 0 Å². The second-order valence-electron chi connectivity index (χ2n) is 3.47. The molecule has 2 aliphatic heterocycles. The highest BCUT2D eigenvalue weighted by molar-refractivity contribution is 8.18. The molecule has 5 heteroatoms. The summed E-state index contributed by atoms with van der Waals surface area (Å²) in [4.78, 5) is 0. The van der Waals surface area contributed by atoms with Gasteiger partial charge in [0.1, 0.15) is 5.72 Å². The Morgan fingerprint density at radius 2 is 1.83 bits per heavy atom. The summed E-state index contributed by atoms with van der Waals surface area (Å²) >= 11 is 3.69. The first-order valence-electron chi connectivity index (χ1n) is 4.14. The fourth-order valence-electron chi connectivity index (χ4n) is 1.26. The molecule has 0 radical (unpaired) electrons. The van der Waals surface area contributed by atoms with Gasteiger partial charge < -0.3 is 4.74 Å². The highest BCUT2D eigenvalue weighted by Crippen LogP contribution is 2.44.